The fourth-order valence-electron chi connectivity index (χ4n) is 1.47. The van der Waals surface area contributed by atoms with E-state index < -0.39 is 8.07 Å². The standard InChI is InChI=1S/C13H20OSi/c1-13(2)8-6-12(14)11(10-13)7-9-15(3,4)5/h10H,6,8H2,1-5H3. The van der Waals surface area contributed by atoms with Crippen molar-refractivity contribution >= 4 is 13.9 Å². The first-order valence-electron chi connectivity index (χ1n) is 5.49. The van der Waals surface area contributed by atoms with E-state index in [1.54, 1.807) is 0 Å². The van der Waals surface area contributed by atoms with Gasteiger partial charge in [-0.3, -0.25) is 4.79 Å². The van der Waals surface area contributed by atoms with Crippen LogP contribution in [-0.4, -0.2) is 13.9 Å². The lowest BCUT2D eigenvalue weighted by Crippen LogP contribution is -2.21. The van der Waals surface area contributed by atoms with Crippen molar-refractivity contribution in [2.24, 2.45) is 5.41 Å². The Morgan fingerprint density at radius 2 is 1.93 bits per heavy atom. The van der Waals surface area contributed by atoms with E-state index in [2.05, 4.69) is 45.0 Å². The van der Waals surface area contributed by atoms with Gasteiger partial charge in [-0.25, -0.2) is 0 Å². The van der Waals surface area contributed by atoms with Gasteiger partial charge in [0.05, 0.1) is 5.57 Å². The van der Waals surface area contributed by atoms with Gasteiger partial charge in [0.1, 0.15) is 8.07 Å². The molecule has 0 aliphatic heterocycles. The number of carbonyl (C=O) groups is 1. The van der Waals surface area contributed by atoms with Crippen LogP contribution >= 0.6 is 0 Å². The molecule has 0 aromatic carbocycles. The Labute approximate surface area is 94.0 Å². The van der Waals surface area contributed by atoms with Crippen LogP contribution in [-0.2, 0) is 4.79 Å². The van der Waals surface area contributed by atoms with Crippen LogP contribution in [0.2, 0.25) is 19.6 Å². The molecule has 0 heterocycles. The van der Waals surface area contributed by atoms with Gasteiger partial charge in [-0.1, -0.05) is 45.5 Å². The molecule has 0 atom stereocenters. The highest BCUT2D eigenvalue weighted by atomic mass is 28.3. The number of ketones is 1. The minimum atomic E-state index is -1.37. The van der Waals surface area contributed by atoms with Crippen LogP contribution in [0.25, 0.3) is 0 Å². The monoisotopic (exact) mass is 220 g/mol. The van der Waals surface area contributed by atoms with Crippen LogP contribution in [0.5, 0.6) is 0 Å². The number of hydrogen-bond acceptors (Lipinski definition) is 1. The Balaban J connectivity index is 2.97. The van der Waals surface area contributed by atoms with Crippen molar-refractivity contribution in [1.82, 2.24) is 0 Å². The van der Waals surface area contributed by atoms with E-state index in [9.17, 15) is 4.79 Å². The second kappa shape index (κ2) is 3.98. The van der Waals surface area contributed by atoms with Crippen LogP contribution in [0.3, 0.4) is 0 Å². The maximum absolute atomic E-state index is 11.6. The summed E-state index contributed by atoms with van der Waals surface area (Å²) in [5, 5.41) is 0. The largest absolute Gasteiger partial charge is 0.293 e. The van der Waals surface area contributed by atoms with Gasteiger partial charge in [-0.15, -0.1) is 5.54 Å². The lowest BCUT2D eigenvalue weighted by molar-refractivity contribution is -0.116. The van der Waals surface area contributed by atoms with Crippen molar-refractivity contribution in [3.8, 4) is 11.5 Å². The molecule has 1 nitrogen and oxygen atoms in total. The van der Waals surface area contributed by atoms with Crippen molar-refractivity contribution in [2.45, 2.75) is 46.3 Å². The Hall–Kier alpha value is -0.813. The molecule has 0 unspecified atom stereocenters. The summed E-state index contributed by atoms with van der Waals surface area (Å²) in [4.78, 5) is 11.6. The van der Waals surface area contributed by atoms with Crippen molar-refractivity contribution in [3.63, 3.8) is 0 Å². The predicted molar refractivity (Wildman–Crippen MR) is 67.2 cm³/mol. The van der Waals surface area contributed by atoms with Gasteiger partial charge < -0.3 is 0 Å². The van der Waals surface area contributed by atoms with E-state index in [4.69, 9.17) is 0 Å². The summed E-state index contributed by atoms with van der Waals surface area (Å²) in [6, 6.07) is 0. The smallest absolute Gasteiger partial charge is 0.170 e. The minimum absolute atomic E-state index is 0.136. The first-order chi connectivity index (χ1) is 6.70. The van der Waals surface area contributed by atoms with Crippen molar-refractivity contribution in [1.29, 1.82) is 0 Å². The molecule has 0 N–H and O–H groups in total. The molecule has 0 aromatic heterocycles. The lowest BCUT2D eigenvalue weighted by atomic mass is 9.79. The zero-order valence-corrected chi connectivity index (χ0v) is 11.4. The maximum Gasteiger partial charge on any atom is 0.170 e. The third-order valence-electron chi connectivity index (χ3n) is 2.40. The van der Waals surface area contributed by atoms with Crippen LogP contribution in [0.15, 0.2) is 11.6 Å². The predicted octanol–water partition coefficient (Wildman–Crippen LogP) is 3.18. The molecule has 1 rings (SSSR count). The average molecular weight is 220 g/mol. The molecular formula is C13H20OSi. The van der Waals surface area contributed by atoms with Gasteiger partial charge >= 0.3 is 0 Å². The molecule has 1 aliphatic carbocycles. The third kappa shape index (κ3) is 4.05. The summed E-state index contributed by atoms with van der Waals surface area (Å²) < 4.78 is 0. The molecule has 0 amide bonds. The Kier molecular flexibility index (Phi) is 3.25. The van der Waals surface area contributed by atoms with Gasteiger partial charge in [0.25, 0.3) is 0 Å². The van der Waals surface area contributed by atoms with Crippen LogP contribution in [0.1, 0.15) is 26.7 Å². The number of hydrogen-bond donors (Lipinski definition) is 0. The Morgan fingerprint density at radius 3 is 2.47 bits per heavy atom. The van der Waals surface area contributed by atoms with E-state index in [1.807, 2.05) is 6.08 Å². The van der Waals surface area contributed by atoms with Crippen molar-refractivity contribution in [2.75, 3.05) is 0 Å². The van der Waals surface area contributed by atoms with Crippen LogP contribution < -0.4 is 0 Å². The molecular weight excluding hydrogens is 200 g/mol. The number of rotatable bonds is 0. The minimum Gasteiger partial charge on any atom is -0.293 e. The molecule has 2 heteroatoms. The molecule has 0 saturated heterocycles. The Bertz CT molecular complexity index is 358. The molecule has 0 aromatic rings. The molecule has 0 fully saturated rings. The lowest BCUT2D eigenvalue weighted by Gasteiger charge is -2.24. The summed E-state index contributed by atoms with van der Waals surface area (Å²) in [6.07, 6.45) is 3.65. The highest BCUT2D eigenvalue weighted by Crippen LogP contribution is 2.30. The van der Waals surface area contributed by atoms with E-state index in [-0.39, 0.29) is 11.2 Å². The molecule has 0 bridgehead atoms. The summed E-state index contributed by atoms with van der Waals surface area (Å²) in [7, 11) is -1.37. The highest BCUT2D eigenvalue weighted by Gasteiger charge is 2.25. The van der Waals surface area contributed by atoms with Crippen molar-refractivity contribution in [3.05, 3.63) is 11.6 Å². The first-order valence-corrected chi connectivity index (χ1v) is 8.99. The number of Topliss-reactive ketones (excluding diaryl/α,β-unsaturated/α-hetero) is 1. The topological polar surface area (TPSA) is 17.1 Å². The fraction of sp³-hybridized carbons (Fsp3) is 0.615. The SMILES string of the molecule is CC1(C)C=C(C#C[Si](C)(C)C)C(=O)CC1. The number of carbonyl (C=O) groups excluding carboxylic acids is 1. The maximum atomic E-state index is 11.6. The zero-order valence-electron chi connectivity index (χ0n) is 10.4. The summed E-state index contributed by atoms with van der Waals surface area (Å²) >= 11 is 0. The first kappa shape index (κ1) is 12.3. The van der Waals surface area contributed by atoms with Gasteiger partial charge in [0.2, 0.25) is 0 Å². The van der Waals surface area contributed by atoms with Crippen molar-refractivity contribution < 1.29 is 4.79 Å². The molecule has 15 heavy (non-hydrogen) atoms. The Morgan fingerprint density at radius 1 is 1.33 bits per heavy atom. The summed E-state index contributed by atoms with van der Waals surface area (Å²) in [6.45, 7) is 10.9. The molecule has 1 aliphatic rings. The third-order valence-corrected chi connectivity index (χ3v) is 3.28. The van der Waals surface area contributed by atoms with E-state index in [0.29, 0.717) is 6.42 Å². The van der Waals surface area contributed by atoms with Gasteiger partial charge in [-0.05, 0) is 11.8 Å². The molecule has 82 valence electrons. The van der Waals surface area contributed by atoms with Gasteiger partial charge in [-0.2, -0.15) is 0 Å². The molecule has 0 radical (unpaired) electrons. The molecule has 0 saturated carbocycles. The second-order valence-electron chi connectivity index (χ2n) is 5.97. The van der Waals surface area contributed by atoms with Gasteiger partial charge in [0.15, 0.2) is 5.78 Å². The normalized spacial score (nSPS) is 20.3. The summed E-state index contributed by atoms with van der Waals surface area (Å²) in [5.41, 5.74) is 4.14. The van der Waals surface area contributed by atoms with Crippen LogP contribution in [0, 0.1) is 16.9 Å². The zero-order chi connectivity index (χ0) is 11.7. The van der Waals surface area contributed by atoms with Gasteiger partial charge in [0, 0.05) is 6.42 Å². The van der Waals surface area contributed by atoms with E-state index in [0.717, 1.165) is 12.0 Å². The highest BCUT2D eigenvalue weighted by molar-refractivity contribution is 6.83. The average Bonchev–Trinajstić information content (AvgIpc) is 2.05. The summed E-state index contributed by atoms with van der Waals surface area (Å²) in [5.74, 6) is 3.31. The quantitative estimate of drug-likeness (QED) is 0.452. The van der Waals surface area contributed by atoms with E-state index in [1.165, 1.54) is 0 Å². The number of allylic oxidation sites excluding steroid dienone is 2. The van der Waals surface area contributed by atoms with Crippen LogP contribution in [0.4, 0.5) is 0 Å². The molecule has 0 spiro atoms. The van der Waals surface area contributed by atoms with E-state index >= 15 is 0 Å². The fourth-order valence-corrected chi connectivity index (χ4v) is 1.98. The second-order valence-corrected chi connectivity index (χ2v) is 10.7.